The maximum absolute atomic E-state index is 14.1. The second kappa shape index (κ2) is 11.9. The van der Waals surface area contributed by atoms with Crippen molar-refractivity contribution in [1.82, 2.24) is 15.1 Å². The van der Waals surface area contributed by atoms with Gasteiger partial charge in [0.1, 0.15) is 17.7 Å². The summed E-state index contributed by atoms with van der Waals surface area (Å²) in [5, 5.41) is 10.3. The van der Waals surface area contributed by atoms with Gasteiger partial charge >= 0.3 is 6.18 Å². The first kappa shape index (κ1) is 32.1. The fourth-order valence-electron chi connectivity index (χ4n) is 5.00. The molecule has 7 nitrogen and oxygen atoms in total. The molecule has 0 aliphatic carbocycles. The SMILES string of the molecule is CC(C)(C)[Si](C)(C)OCc1nn(-c2ccccc2)c2c1[C@H](c1ccc(F)cc1)[C@@H](NC(=O)c1cccc(C(F)(F)F)c1)C(=O)N2. The van der Waals surface area contributed by atoms with Crippen LogP contribution in [0, 0.1) is 5.82 Å². The predicted molar refractivity (Wildman–Crippen MR) is 165 cm³/mol. The largest absolute Gasteiger partial charge is 0.416 e. The second-order valence-corrected chi connectivity index (χ2v) is 17.4. The van der Waals surface area contributed by atoms with Crippen LogP contribution >= 0.6 is 0 Å². The zero-order valence-corrected chi connectivity index (χ0v) is 26.5. The van der Waals surface area contributed by atoms with Crippen molar-refractivity contribution in [3.8, 4) is 5.69 Å². The minimum Gasteiger partial charge on any atom is -0.411 e. The molecule has 0 spiro atoms. The molecular weight excluding hydrogens is 604 g/mol. The molecule has 12 heteroatoms. The van der Waals surface area contributed by atoms with Gasteiger partial charge in [-0.1, -0.05) is 57.2 Å². The Bertz CT molecular complexity index is 1710. The van der Waals surface area contributed by atoms with Crippen molar-refractivity contribution in [1.29, 1.82) is 0 Å². The van der Waals surface area contributed by atoms with Crippen LogP contribution in [0.25, 0.3) is 5.69 Å². The molecule has 0 fully saturated rings. The first-order valence-corrected chi connectivity index (χ1v) is 17.3. The van der Waals surface area contributed by atoms with Gasteiger partial charge < -0.3 is 15.1 Å². The van der Waals surface area contributed by atoms with Crippen LogP contribution in [0.5, 0.6) is 0 Å². The Balaban J connectivity index is 1.64. The summed E-state index contributed by atoms with van der Waals surface area (Å²) in [6.07, 6.45) is -4.66. The molecule has 1 aromatic heterocycles. The van der Waals surface area contributed by atoms with Gasteiger partial charge in [-0.15, -0.1) is 0 Å². The van der Waals surface area contributed by atoms with Gasteiger partial charge in [0, 0.05) is 17.0 Å². The van der Waals surface area contributed by atoms with Gasteiger partial charge in [0.05, 0.1) is 23.6 Å². The van der Waals surface area contributed by atoms with E-state index in [1.54, 1.807) is 4.68 Å². The number of alkyl halides is 3. The second-order valence-electron chi connectivity index (χ2n) is 12.6. The van der Waals surface area contributed by atoms with Gasteiger partial charge in [-0.2, -0.15) is 18.3 Å². The first-order chi connectivity index (χ1) is 21.1. The summed E-state index contributed by atoms with van der Waals surface area (Å²) in [5.41, 5.74) is 0.974. The van der Waals surface area contributed by atoms with E-state index in [9.17, 15) is 27.2 Å². The number of nitrogens with one attached hydrogen (secondary N) is 2. The first-order valence-electron chi connectivity index (χ1n) is 14.4. The van der Waals surface area contributed by atoms with Crippen LogP contribution in [0.2, 0.25) is 18.1 Å². The van der Waals surface area contributed by atoms with Crippen LogP contribution < -0.4 is 10.6 Å². The molecule has 0 unspecified atom stereocenters. The molecule has 3 aromatic carbocycles. The highest BCUT2D eigenvalue weighted by atomic mass is 28.4. The molecule has 0 saturated carbocycles. The predicted octanol–water partition coefficient (Wildman–Crippen LogP) is 7.43. The Labute approximate surface area is 259 Å². The van der Waals surface area contributed by atoms with Crippen LogP contribution in [-0.4, -0.2) is 36.0 Å². The maximum Gasteiger partial charge on any atom is 0.416 e. The van der Waals surface area contributed by atoms with Gasteiger partial charge in [0.2, 0.25) is 5.91 Å². The highest BCUT2D eigenvalue weighted by Gasteiger charge is 2.44. The third kappa shape index (κ3) is 6.57. The lowest BCUT2D eigenvalue weighted by molar-refractivity contribution is -0.137. The molecule has 2 heterocycles. The van der Waals surface area contributed by atoms with Crippen molar-refractivity contribution in [2.75, 3.05) is 5.32 Å². The number of para-hydroxylation sites is 1. The number of benzene rings is 3. The molecule has 5 rings (SSSR count). The molecule has 45 heavy (non-hydrogen) atoms. The van der Waals surface area contributed by atoms with Crippen molar-refractivity contribution in [2.45, 2.75) is 63.6 Å². The zero-order chi connectivity index (χ0) is 32.7. The number of halogens is 4. The smallest absolute Gasteiger partial charge is 0.411 e. The molecule has 0 radical (unpaired) electrons. The van der Waals surface area contributed by atoms with Crippen molar-refractivity contribution in [2.24, 2.45) is 0 Å². The Morgan fingerprint density at radius 1 is 1.00 bits per heavy atom. The number of hydrogen-bond donors (Lipinski definition) is 2. The quantitative estimate of drug-likeness (QED) is 0.163. The lowest BCUT2D eigenvalue weighted by atomic mass is 9.81. The molecule has 2 amide bonds. The van der Waals surface area contributed by atoms with E-state index in [1.807, 2.05) is 30.3 Å². The van der Waals surface area contributed by atoms with Crippen molar-refractivity contribution in [3.05, 3.63) is 113 Å². The van der Waals surface area contributed by atoms with Gasteiger partial charge in [0.15, 0.2) is 8.32 Å². The fourth-order valence-corrected chi connectivity index (χ4v) is 5.93. The van der Waals surface area contributed by atoms with Crippen LogP contribution in [0.4, 0.5) is 23.4 Å². The van der Waals surface area contributed by atoms with E-state index >= 15 is 0 Å². The van der Waals surface area contributed by atoms with Gasteiger partial charge in [-0.3, -0.25) is 9.59 Å². The summed E-state index contributed by atoms with van der Waals surface area (Å²) in [6.45, 7) is 10.6. The third-order valence-corrected chi connectivity index (χ3v) is 13.0. The van der Waals surface area contributed by atoms with Crippen LogP contribution in [-0.2, 0) is 22.0 Å². The van der Waals surface area contributed by atoms with E-state index in [2.05, 4.69) is 44.5 Å². The summed E-state index contributed by atoms with van der Waals surface area (Å²) in [6, 6.07) is 17.4. The van der Waals surface area contributed by atoms with E-state index in [4.69, 9.17) is 9.52 Å². The molecule has 1 aliphatic heterocycles. The van der Waals surface area contributed by atoms with Gasteiger partial charge in [-0.25, -0.2) is 9.07 Å². The lowest BCUT2D eigenvalue weighted by Gasteiger charge is -2.36. The van der Waals surface area contributed by atoms with Crippen LogP contribution in [0.1, 0.15) is 59.4 Å². The van der Waals surface area contributed by atoms with Gasteiger partial charge in [0.25, 0.3) is 5.91 Å². The molecule has 1 aliphatic rings. The molecule has 0 saturated heterocycles. The zero-order valence-electron chi connectivity index (χ0n) is 25.5. The van der Waals surface area contributed by atoms with E-state index < -0.39 is 49.6 Å². The number of anilines is 1. The number of carbonyl (C=O) groups excluding carboxylic acids is 2. The number of aromatic nitrogens is 2. The number of fused-ring (bicyclic) bond motifs is 1. The summed E-state index contributed by atoms with van der Waals surface area (Å²) < 4.78 is 62.4. The average molecular weight is 639 g/mol. The number of nitrogens with zero attached hydrogens (tertiary/aromatic N) is 2. The lowest BCUT2D eigenvalue weighted by Crippen LogP contribution is -2.51. The summed E-state index contributed by atoms with van der Waals surface area (Å²) >= 11 is 0. The van der Waals surface area contributed by atoms with Crippen LogP contribution in [0.15, 0.2) is 78.9 Å². The Kier molecular flexibility index (Phi) is 8.49. The molecular formula is C33H34F4N4O3Si. The third-order valence-electron chi connectivity index (χ3n) is 8.51. The Hall–Kier alpha value is -4.29. The highest BCUT2D eigenvalue weighted by Crippen LogP contribution is 2.43. The highest BCUT2D eigenvalue weighted by molar-refractivity contribution is 6.74. The molecule has 4 aromatic rings. The Morgan fingerprint density at radius 2 is 1.67 bits per heavy atom. The minimum atomic E-state index is -4.66. The van der Waals surface area contributed by atoms with E-state index in [0.717, 1.165) is 18.2 Å². The monoisotopic (exact) mass is 638 g/mol. The van der Waals surface area contributed by atoms with Crippen LogP contribution in [0.3, 0.4) is 0 Å². The Morgan fingerprint density at radius 3 is 2.29 bits per heavy atom. The minimum absolute atomic E-state index is 0.0977. The normalized spacial score (nSPS) is 17.0. The number of carbonyl (C=O) groups is 2. The van der Waals surface area contributed by atoms with Crippen molar-refractivity contribution < 1.29 is 31.6 Å². The van der Waals surface area contributed by atoms with Crippen molar-refractivity contribution >= 4 is 25.9 Å². The average Bonchev–Trinajstić information content (AvgIpc) is 3.34. The molecule has 0 bridgehead atoms. The number of amides is 2. The maximum atomic E-state index is 14.1. The summed E-state index contributed by atoms with van der Waals surface area (Å²) in [4.78, 5) is 27.2. The van der Waals surface area contributed by atoms with Gasteiger partial charge in [-0.05, 0) is 66.2 Å². The van der Waals surface area contributed by atoms with E-state index in [0.29, 0.717) is 28.3 Å². The molecule has 2 N–H and O–H groups in total. The summed E-state index contributed by atoms with van der Waals surface area (Å²) in [7, 11) is -2.28. The standard InChI is InChI=1S/C33H34F4N4O3Si/c1-32(2,3)45(4,5)44-19-25-27-26(20-14-16-23(34)17-15-20)28(38-30(42)21-10-9-11-22(18-21)33(35,36)37)31(43)39-29(27)41(40-25)24-12-7-6-8-13-24/h6-18,26,28H,19H2,1-5H3,(H,38,42)(H,39,43)/t26-,28+/m0/s1. The molecule has 2 atom stereocenters. The number of rotatable bonds is 7. The van der Waals surface area contributed by atoms with E-state index in [1.165, 1.54) is 30.3 Å². The molecule has 236 valence electrons. The van der Waals surface area contributed by atoms with Crippen molar-refractivity contribution in [3.63, 3.8) is 0 Å². The topological polar surface area (TPSA) is 85.2 Å². The van der Waals surface area contributed by atoms with E-state index in [-0.39, 0.29) is 17.2 Å². The fraction of sp³-hybridized carbons (Fsp3) is 0.303. The number of hydrogen-bond acceptors (Lipinski definition) is 4. The summed E-state index contributed by atoms with van der Waals surface area (Å²) in [5.74, 6) is -2.49.